The van der Waals surface area contributed by atoms with Crippen molar-refractivity contribution in [1.29, 1.82) is 5.41 Å². The van der Waals surface area contributed by atoms with Crippen LogP contribution in [0.15, 0.2) is 0 Å². The van der Waals surface area contributed by atoms with E-state index in [2.05, 4.69) is 0 Å². The summed E-state index contributed by atoms with van der Waals surface area (Å²) in [5.74, 6) is 5.13. The van der Waals surface area contributed by atoms with Gasteiger partial charge >= 0.3 is 0 Å². The van der Waals surface area contributed by atoms with Crippen LogP contribution in [0, 0.1) is 5.41 Å². The molecule has 5 N–H and O–H groups in total. The maximum Gasteiger partial charge on any atom is 0.202 e. The van der Waals surface area contributed by atoms with Crippen LogP contribution in [0.25, 0.3) is 0 Å². The van der Waals surface area contributed by atoms with E-state index in [-0.39, 0.29) is 18.4 Å². The summed E-state index contributed by atoms with van der Waals surface area (Å²) in [6.07, 6.45) is 0.913. The average Bonchev–Trinajstić information content (AvgIpc) is 1.67. The lowest BCUT2D eigenvalue weighted by molar-refractivity contribution is 0.430. The lowest BCUT2D eigenvalue weighted by atomic mass is 10.5. The molecule has 0 amide bonds. The molecule has 0 unspecified atom stereocenters. The summed E-state index contributed by atoms with van der Waals surface area (Å²) in [6.45, 7) is 2.62. The van der Waals surface area contributed by atoms with Crippen LogP contribution in [-0.2, 0) is 0 Å². The van der Waals surface area contributed by atoms with Gasteiger partial charge in [-0.15, -0.1) is 12.4 Å². The Kier molecular flexibility index (Phi) is 7.12. The summed E-state index contributed by atoms with van der Waals surface area (Å²) in [5, 5.41) is 7.99. The van der Waals surface area contributed by atoms with E-state index < -0.39 is 0 Å². The van der Waals surface area contributed by atoms with Crippen molar-refractivity contribution < 1.29 is 0 Å². The molecular weight excluding hydrogens is 140 g/mol. The monoisotopic (exact) mass is 152 g/mol. The number of halogens is 1. The van der Waals surface area contributed by atoms with Crippen LogP contribution in [0.5, 0.6) is 0 Å². The lowest BCUT2D eigenvalue weighted by Crippen LogP contribution is -2.42. The zero-order valence-corrected chi connectivity index (χ0v) is 6.24. The van der Waals surface area contributed by atoms with Crippen LogP contribution in [0.2, 0.25) is 0 Å². The molecule has 5 heteroatoms. The highest BCUT2D eigenvalue weighted by atomic mass is 35.5. The Labute approximate surface area is 61.1 Å². The first-order chi connectivity index (χ1) is 3.68. The third kappa shape index (κ3) is 5.39. The Morgan fingerprint density at radius 2 is 2.11 bits per heavy atom. The summed E-state index contributed by atoms with van der Waals surface area (Å²) < 4.78 is 0. The average molecular weight is 153 g/mol. The van der Waals surface area contributed by atoms with E-state index in [1.807, 2.05) is 6.92 Å². The molecule has 0 saturated carbocycles. The third-order valence-corrected chi connectivity index (χ3v) is 0.774. The van der Waals surface area contributed by atoms with Gasteiger partial charge in [-0.1, -0.05) is 6.92 Å². The van der Waals surface area contributed by atoms with Crippen molar-refractivity contribution in [3.8, 4) is 0 Å². The van der Waals surface area contributed by atoms with Gasteiger partial charge in [0.2, 0.25) is 5.96 Å². The first kappa shape index (κ1) is 11.3. The Hall–Kier alpha value is -0.480. The summed E-state index contributed by atoms with van der Waals surface area (Å²) in [7, 11) is 0. The first-order valence-electron chi connectivity index (χ1n) is 2.54. The highest BCUT2D eigenvalue weighted by Gasteiger charge is 1.94. The summed E-state index contributed by atoms with van der Waals surface area (Å²) in [6, 6.07) is 0. The second kappa shape index (κ2) is 5.65. The van der Waals surface area contributed by atoms with Gasteiger partial charge in [0.1, 0.15) is 0 Å². The fraction of sp³-hybridized carbons (Fsp3) is 0.750. The highest BCUT2D eigenvalue weighted by molar-refractivity contribution is 5.85. The van der Waals surface area contributed by atoms with Crippen LogP contribution in [0.1, 0.15) is 13.3 Å². The second-order valence-electron chi connectivity index (χ2n) is 1.58. The van der Waals surface area contributed by atoms with E-state index in [9.17, 15) is 0 Å². The molecule has 56 valence electrons. The van der Waals surface area contributed by atoms with Crippen LogP contribution in [0.4, 0.5) is 0 Å². The van der Waals surface area contributed by atoms with Gasteiger partial charge in [0.05, 0.1) is 0 Å². The number of nitrogens with two attached hydrogens (primary N) is 2. The highest BCUT2D eigenvalue weighted by Crippen LogP contribution is 1.77. The Morgan fingerprint density at radius 3 is 2.22 bits per heavy atom. The molecule has 0 aliphatic heterocycles. The second-order valence-corrected chi connectivity index (χ2v) is 1.58. The molecule has 0 bridgehead atoms. The number of guanidine groups is 1. The molecule has 0 atom stereocenters. The van der Waals surface area contributed by atoms with Crippen molar-refractivity contribution in [2.24, 2.45) is 11.6 Å². The van der Waals surface area contributed by atoms with E-state index in [1.165, 1.54) is 5.01 Å². The molecule has 0 aliphatic carbocycles. The Balaban J connectivity index is 0. The minimum Gasteiger partial charge on any atom is -0.369 e. The number of hydrogen-bond acceptors (Lipinski definition) is 2. The minimum atomic E-state index is -0.0770. The van der Waals surface area contributed by atoms with Crippen LogP contribution in [-0.4, -0.2) is 17.5 Å². The largest absolute Gasteiger partial charge is 0.369 e. The molecule has 0 radical (unpaired) electrons. The number of hydrazine groups is 1. The van der Waals surface area contributed by atoms with Crippen LogP contribution >= 0.6 is 12.4 Å². The molecule has 0 saturated heterocycles. The van der Waals surface area contributed by atoms with Gasteiger partial charge in [0, 0.05) is 6.54 Å². The third-order valence-electron chi connectivity index (χ3n) is 0.774. The predicted octanol–water partition coefficient (Wildman–Crippen LogP) is -0.113. The molecule has 4 nitrogen and oxygen atoms in total. The van der Waals surface area contributed by atoms with Gasteiger partial charge in [-0.25, -0.2) is 5.84 Å². The molecule has 0 aromatic carbocycles. The number of nitrogens with zero attached hydrogens (tertiary/aromatic N) is 1. The molecule has 0 fully saturated rings. The van der Waals surface area contributed by atoms with Gasteiger partial charge in [-0.2, -0.15) is 0 Å². The smallest absolute Gasteiger partial charge is 0.202 e. The number of rotatable bonds is 2. The van der Waals surface area contributed by atoms with Crippen molar-refractivity contribution in [3.63, 3.8) is 0 Å². The number of nitrogens with one attached hydrogen (secondary N) is 1. The van der Waals surface area contributed by atoms with Gasteiger partial charge in [0.15, 0.2) is 0 Å². The Morgan fingerprint density at radius 1 is 1.67 bits per heavy atom. The van der Waals surface area contributed by atoms with Crippen molar-refractivity contribution in [3.05, 3.63) is 0 Å². The molecule has 9 heavy (non-hydrogen) atoms. The molecule has 0 heterocycles. The molecule has 0 aromatic rings. The lowest BCUT2D eigenvalue weighted by Gasteiger charge is -2.13. The van der Waals surface area contributed by atoms with Crippen LogP contribution < -0.4 is 11.6 Å². The van der Waals surface area contributed by atoms with Gasteiger partial charge in [-0.05, 0) is 6.42 Å². The van der Waals surface area contributed by atoms with Crippen LogP contribution in [0.3, 0.4) is 0 Å². The molecule has 0 spiro atoms. The van der Waals surface area contributed by atoms with Crippen molar-refractivity contribution >= 4 is 18.4 Å². The minimum absolute atomic E-state index is 0. The fourth-order valence-electron chi connectivity index (χ4n) is 0.361. The van der Waals surface area contributed by atoms with E-state index in [1.54, 1.807) is 0 Å². The fourth-order valence-corrected chi connectivity index (χ4v) is 0.361. The zero-order valence-electron chi connectivity index (χ0n) is 5.42. The maximum atomic E-state index is 6.78. The number of hydrogen-bond donors (Lipinski definition) is 3. The van der Waals surface area contributed by atoms with Gasteiger partial charge in [0.25, 0.3) is 0 Å². The van der Waals surface area contributed by atoms with E-state index in [4.69, 9.17) is 17.0 Å². The SMILES string of the molecule is CCCN(N)C(=N)N.Cl. The maximum absolute atomic E-state index is 6.78. The quantitative estimate of drug-likeness (QED) is 0.224. The standard InChI is InChI=1S/C4H12N4.ClH/c1-2-3-8(7)4(5)6;/h2-3,7H2,1H3,(H3,5,6);1H. The summed E-state index contributed by atoms with van der Waals surface area (Å²) in [5.41, 5.74) is 5.01. The van der Waals surface area contributed by atoms with E-state index in [0.717, 1.165) is 6.42 Å². The molecule has 0 aromatic heterocycles. The van der Waals surface area contributed by atoms with Crippen molar-refractivity contribution in [1.82, 2.24) is 5.01 Å². The summed E-state index contributed by atoms with van der Waals surface area (Å²) in [4.78, 5) is 0. The van der Waals surface area contributed by atoms with E-state index in [0.29, 0.717) is 6.54 Å². The van der Waals surface area contributed by atoms with Crippen molar-refractivity contribution in [2.75, 3.05) is 6.54 Å². The Bertz CT molecular complexity index is 84.6. The van der Waals surface area contributed by atoms with Gasteiger partial charge in [-0.3, -0.25) is 10.4 Å². The van der Waals surface area contributed by atoms with E-state index >= 15 is 0 Å². The first-order valence-corrected chi connectivity index (χ1v) is 2.54. The summed E-state index contributed by atoms with van der Waals surface area (Å²) >= 11 is 0. The molecule has 0 aliphatic rings. The topological polar surface area (TPSA) is 79.1 Å². The van der Waals surface area contributed by atoms with Crippen molar-refractivity contribution in [2.45, 2.75) is 13.3 Å². The molecular formula is C4H13ClN4. The van der Waals surface area contributed by atoms with Gasteiger partial charge < -0.3 is 5.73 Å². The zero-order chi connectivity index (χ0) is 6.57. The molecule has 0 rings (SSSR count). The normalized spacial score (nSPS) is 7.78. The predicted molar refractivity (Wildman–Crippen MR) is 40.3 cm³/mol.